The lowest BCUT2D eigenvalue weighted by Crippen LogP contribution is -2.17. The molecule has 0 radical (unpaired) electrons. The number of ether oxygens (including phenoxy) is 3. The first-order chi connectivity index (χ1) is 14.2. The van der Waals surface area contributed by atoms with Gasteiger partial charge in [-0.3, -0.25) is 0 Å². The summed E-state index contributed by atoms with van der Waals surface area (Å²) >= 11 is 0. The molecule has 0 saturated carbocycles. The van der Waals surface area contributed by atoms with Gasteiger partial charge in [-0.1, -0.05) is 54.1 Å². The minimum absolute atomic E-state index is 0. The van der Waals surface area contributed by atoms with Crippen molar-refractivity contribution < 1.29 is 14.2 Å². The van der Waals surface area contributed by atoms with E-state index in [1.807, 2.05) is 24.3 Å². The lowest BCUT2D eigenvalue weighted by Gasteiger charge is -2.16. The Morgan fingerprint density at radius 3 is 2.17 bits per heavy atom. The SMILES string of the molecule is COc1ccc(CCNCc2cccc(OC)c2OCc2ccc(C)cc2)cc1.Cl. The maximum absolute atomic E-state index is 6.15. The van der Waals surface area contributed by atoms with Crippen molar-refractivity contribution in [2.45, 2.75) is 26.5 Å². The molecule has 0 amide bonds. The van der Waals surface area contributed by atoms with E-state index in [-0.39, 0.29) is 12.4 Å². The normalized spacial score (nSPS) is 10.2. The summed E-state index contributed by atoms with van der Waals surface area (Å²) in [7, 11) is 3.36. The van der Waals surface area contributed by atoms with Crippen molar-refractivity contribution in [3.8, 4) is 17.2 Å². The number of rotatable bonds is 10. The van der Waals surface area contributed by atoms with Crippen LogP contribution >= 0.6 is 12.4 Å². The molecule has 0 saturated heterocycles. The number of aryl methyl sites for hydroxylation is 1. The summed E-state index contributed by atoms with van der Waals surface area (Å²) in [6.07, 6.45) is 0.952. The summed E-state index contributed by atoms with van der Waals surface area (Å²) in [6, 6.07) is 22.6. The van der Waals surface area contributed by atoms with Gasteiger partial charge in [0.2, 0.25) is 0 Å². The second-order valence-corrected chi connectivity index (χ2v) is 7.00. The highest BCUT2D eigenvalue weighted by Gasteiger charge is 2.11. The predicted octanol–water partition coefficient (Wildman–Crippen LogP) is 5.35. The quantitative estimate of drug-likeness (QED) is 0.443. The molecule has 0 atom stereocenters. The molecule has 0 aromatic heterocycles. The van der Waals surface area contributed by atoms with Gasteiger partial charge in [-0.15, -0.1) is 12.4 Å². The Kier molecular flexibility index (Phi) is 9.52. The van der Waals surface area contributed by atoms with E-state index in [0.29, 0.717) is 6.61 Å². The average molecular weight is 428 g/mol. The van der Waals surface area contributed by atoms with Crippen molar-refractivity contribution in [3.63, 3.8) is 0 Å². The zero-order valence-corrected chi connectivity index (χ0v) is 18.6. The summed E-state index contributed by atoms with van der Waals surface area (Å²) in [5.41, 5.74) is 4.75. The second-order valence-electron chi connectivity index (χ2n) is 7.00. The van der Waals surface area contributed by atoms with Crippen LogP contribution in [0.1, 0.15) is 22.3 Å². The number of para-hydroxylation sites is 1. The van der Waals surface area contributed by atoms with Crippen LogP contribution in [0.15, 0.2) is 66.7 Å². The van der Waals surface area contributed by atoms with Crippen LogP contribution in [0.5, 0.6) is 17.2 Å². The van der Waals surface area contributed by atoms with Crippen molar-refractivity contribution in [2.75, 3.05) is 20.8 Å². The number of benzene rings is 3. The number of hydrogen-bond donors (Lipinski definition) is 1. The van der Waals surface area contributed by atoms with Gasteiger partial charge in [0.1, 0.15) is 12.4 Å². The Bertz CT molecular complexity index is 895. The highest BCUT2D eigenvalue weighted by molar-refractivity contribution is 5.85. The summed E-state index contributed by atoms with van der Waals surface area (Å²) in [4.78, 5) is 0. The van der Waals surface area contributed by atoms with Gasteiger partial charge < -0.3 is 19.5 Å². The molecule has 0 heterocycles. The monoisotopic (exact) mass is 427 g/mol. The first-order valence-corrected chi connectivity index (χ1v) is 9.87. The van der Waals surface area contributed by atoms with Crippen molar-refractivity contribution >= 4 is 12.4 Å². The van der Waals surface area contributed by atoms with E-state index >= 15 is 0 Å². The fraction of sp³-hybridized carbons (Fsp3) is 0.280. The standard InChI is InChI=1S/C25H29NO3.ClH/c1-19-7-9-21(10-8-19)18-29-25-22(5-4-6-24(25)28-3)17-26-16-15-20-11-13-23(27-2)14-12-20;/h4-14,26H,15-18H2,1-3H3;1H. The molecule has 160 valence electrons. The minimum atomic E-state index is 0. The van der Waals surface area contributed by atoms with E-state index in [1.165, 1.54) is 11.1 Å². The van der Waals surface area contributed by atoms with Gasteiger partial charge in [-0.2, -0.15) is 0 Å². The topological polar surface area (TPSA) is 39.7 Å². The van der Waals surface area contributed by atoms with Crippen LogP contribution in [0.2, 0.25) is 0 Å². The van der Waals surface area contributed by atoms with Crippen molar-refractivity contribution in [1.82, 2.24) is 5.32 Å². The Morgan fingerprint density at radius 2 is 1.50 bits per heavy atom. The van der Waals surface area contributed by atoms with Gasteiger partial charge in [0.25, 0.3) is 0 Å². The highest BCUT2D eigenvalue weighted by atomic mass is 35.5. The number of methoxy groups -OCH3 is 2. The van der Waals surface area contributed by atoms with Crippen LogP contribution in [0.25, 0.3) is 0 Å². The van der Waals surface area contributed by atoms with E-state index in [2.05, 4.69) is 54.7 Å². The molecule has 0 aliphatic carbocycles. The lowest BCUT2D eigenvalue weighted by molar-refractivity contribution is 0.280. The number of nitrogens with one attached hydrogen (secondary N) is 1. The molecular formula is C25H30ClNO3. The highest BCUT2D eigenvalue weighted by Crippen LogP contribution is 2.31. The maximum Gasteiger partial charge on any atom is 0.166 e. The van der Waals surface area contributed by atoms with Crippen LogP contribution in [-0.2, 0) is 19.6 Å². The van der Waals surface area contributed by atoms with E-state index in [4.69, 9.17) is 14.2 Å². The predicted molar refractivity (Wildman–Crippen MR) is 124 cm³/mol. The van der Waals surface area contributed by atoms with Gasteiger partial charge in [0.15, 0.2) is 11.5 Å². The fourth-order valence-corrected chi connectivity index (χ4v) is 3.11. The Balaban J connectivity index is 0.00000320. The zero-order valence-electron chi connectivity index (χ0n) is 17.8. The maximum atomic E-state index is 6.15. The Morgan fingerprint density at radius 1 is 0.800 bits per heavy atom. The third kappa shape index (κ3) is 6.68. The number of halogens is 1. The Hall–Kier alpha value is -2.69. The van der Waals surface area contributed by atoms with Crippen LogP contribution in [0, 0.1) is 6.92 Å². The largest absolute Gasteiger partial charge is 0.497 e. The molecule has 0 unspecified atom stereocenters. The van der Waals surface area contributed by atoms with E-state index in [1.54, 1.807) is 14.2 Å². The molecule has 30 heavy (non-hydrogen) atoms. The molecule has 0 aliphatic heterocycles. The van der Waals surface area contributed by atoms with Crippen LogP contribution < -0.4 is 19.5 Å². The van der Waals surface area contributed by atoms with E-state index in [9.17, 15) is 0 Å². The molecular weight excluding hydrogens is 398 g/mol. The van der Waals surface area contributed by atoms with Crippen LogP contribution in [0.4, 0.5) is 0 Å². The minimum Gasteiger partial charge on any atom is -0.497 e. The van der Waals surface area contributed by atoms with Crippen molar-refractivity contribution in [3.05, 3.63) is 89.0 Å². The van der Waals surface area contributed by atoms with Crippen LogP contribution in [-0.4, -0.2) is 20.8 Å². The summed E-state index contributed by atoms with van der Waals surface area (Å²) in [6.45, 7) is 4.19. The molecule has 0 fully saturated rings. The third-order valence-electron chi connectivity index (χ3n) is 4.85. The summed E-state index contributed by atoms with van der Waals surface area (Å²) < 4.78 is 16.9. The first kappa shape index (κ1) is 23.6. The average Bonchev–Trinajstić information content (AvgIpc) is 2.77. The molecule has 3 aromatic rings. The van der Waals surface area contributed by atoms with E-state index in [0.717, 1.165) is 47.9 Å². The molecule has 0 spiro atoms. The van der Waals surface area contributed by atoms with E-state index < -0.39 is 0 Å². The van der Waals surface area contributed by atoms with Crippen molar-refractivity contribution in [1.29, 1.82) is 0 Å². The van der Waals surface area contributed by atoms with Gasteiger partial charge >= 0.3 is 0 Å². The first-order valence-electron chi connectivity index (χ1n) is 9.87. The smallest absolute Gasteiger partial charge is 0.166 e. The molecule has 0 aliphatic rings. The molecule has 5 heteroatoms. The van der Waals surface area contributed by atoms with Gasteiger partial charge in [-0.05, 0) is 49.2 Å². The van der Waals surface area contributed by atoms with Crippen molar-refractivity contribution in [2.24, 2.45) is 0 Å². The fourth-order valence-electron chi connectivity index (χ4n) is 3.11. The molecule has 1 N–H and O–H groups in total. The Labute approximate surface area is 185 Å². The number of hydrogen-bond acceptors (Lipinski definition) is 4. The zero-order chi connectivity index (χ0) is 20.5. The van der Waals surface area contributed by atoms with Gasteiger partial charge in [-0.25, -0.2) is 0 Å². The molecule has 4 nitrogen and oxygen atoms in total. The lowest BCUT2D eigenvalue weighted by atomic mass is 10.1. The molecule has 0 bridgehead atoms. The van der Waals surface area contributed by atoms with Crippen LogP contribution in [0.3, 0.4) is 0 Å². The summed E-state index contributed by atoms with van der Waals surface area (Å²) in [5.74, 6) is 2.44. The third-order valence-corrected chi connectivity index (χ3v) is 4.85. The second kappa shape index (κ2) is 12.1. The van der Waals surface area contributed by atoms with Gasteiger partial charge in [0.05, 0.1) is 14.2 Å². The molecule has 3 rings (SSSR count). The molecule has 3 aromatic carbocycles. The summed E-state index contributed by atoms with van der Waals surface area (Å²) in [5, 5.41) is 3.51. The van der Waals surface area contributed by atoms with Gasteiger partial charge in [0, 0.05) is 12.1 Å².